The molecular weight excluding hydrogens is 464 g/mol. The van der Waals surface area contributed by atoms with Crippen molar-refractivity contribution >= 4 is 41.1 Å². The number of amides is 2. The van der Waals surface area contributed by atoms with E-state index in [0.29, 0.717) is 47.9 Å². The zero-order chi connectivity index (χ0) is 24.0. The van der Waals surface area contributed by atoms with Crippen molar-refractivity contribution < 1.29 is 24.2 Å². The molecule has 1 aromatic carbocycles. The molecule has 2 N–H and O–H groups in total. The molecule has 1 fully saturated rings. The fraction of sp³-hybridized carbons (Fsp3) is 0.500. The van der Waals surface area contributed by atoms with Crippen LogP contribution in [0.1, 0.15) is 38.2 Å². The zero-order valence-electron chi connectivity index (χ0n) is 19.2. The number of ether oxygens (including phenoxy) is 2. The highest BCUT2D eigenvalue weighted by atomic mass is 35.5. The van der Waals surface area contributed by atoms with Gasteiger partial charge in [0.25, 0.3) is 0 Å². The number of carbonyl (C=O) groups excluding carboxylic acids is 2. The second-order valence-electron chi connectivity index (χ2n) is 8.47. The van der Waals surface area contributed by atoms with Crippen LogP contribution in [-0.4, -0.2) is 54.6 Å². The van der Waals surface area contributed by atoms with Crippen molar-refractivity contribution in [1.82, 2.24) is 5.32 Å². The van der Waals surface area contributed by atoms with Crippen LogP contribution >= 0.6 is 23.4 Å². The molecule has 0 saturated carbocycles. The van der Waals surface area contributed by atoms with Crippen LogP contribution in [0, 0.1) is 0 Å². The first-order valence-corrected chi connectivity index (χ1v) is 12.5. The molecule has 0 aromatic heterocycles. The van der Waals surface area contributed by atoms with Gasteiger partial charge in [0.2, 0.25) is 5.91 Å². The highest BCUT2D eigenvalue weighted by Gasteiger charge is 2.38. The minimum Gasteiger partial charge on any atom is -0.495 e. The summed E-state index contributed by atoms with van der Waals surface area (Å²) in [6.07, 6.45) is 6.96. The number of halogens is 1. The highest BCUT2D eigenvalue weighted by molar-refractivity contribution is 7.99. The van der Waals surface area contributed by atoms with Gasteiger partial charge in [-0.25, -0.2) is 4.79 Å². The van der Waals surface area contributed by atoms with Gasteiger partial charge in [0.15, 0.2) is 0 Å². The molecular formula is C24H31ClN2O5S. The van der Waals surface area contributed by atoms with E-state index in [1.807, 2.05) is 37.3 Å². The Hall–Kier alpha value is -2.16. The van der Waals surface area contributed by atoms with Gasteiger partial charge < -0.3 is 19.5 Å². The summed E-state index contributed by atoms with van der Waals surface area (Å²) in [5.41, 5.74) is 1.34. The van der Waals surface area contributed by atoms with Crippen LogP contribution in [0.2, 0.25) is 5.02 Å². The van der Waals surface area contributed by atoms with Gasteiger partial charge in [0.05, 0.1) is 12.8 Å². The first-order chi connectivity index (χ1) is 15.7. The smallest absolute Gasteiger partial charge is 0.409 e. The number of aliphatic hydroxyl groups is 1. The number of thioether (sulfide) groups is 1. The summed E-state index contributed by atoms with van der Waals surface area (Å²) in [7, 11) is 3.29. The van der Waals surface area contributed by atoms with E-state index in [-0.39, 0.29) is 18.4 Å². The van der Waals surface area contributed by atoms with Crippen LogP contribution in [0.3, 0.4) is 0 Å². The third-order valence-electron chi connectivity index (χ3n) is 5.65. The van der Waals surface area contributed by atoms with Gasteiger partial charge in [-0.3, -0.25) is 10.1 Å². The van der Waals surface area contributed by atoms with Crippen LogP contribution in [0.4, 0.5) is 10.5 Å². The molecule has 1 saturated heterocycles. The van der Waals surface area contributed by atoms with E-state index in [1.54, 1.807) is 30.8 Å². The molecule has 7 nitrogen and oxygen atoms in total. The molecule has 33 heavy (non-hydrogen) atoms. The number of allylic oxidation sites excluding steroid dienone is 3. The lowest BCUT2D eigenvalue weighted by atomic mass is 10.00. The van der Waals surface area contributed by atoms with Crippen LogP contribution in [0.25, 0.3) is 0 Å². The van der Waals surface area contributed by atoms with Crippen molar-refractivity contribution in [3.05, 3.63) is 46.5 Å². The number of nitrogens with one attached hydrogen (secondary N) is 1. The maximum Gasteiger partial charge on any atom is 0.409 e. The zero-order valence-corrected chi connectivity index (χ0v) is 20.8. The summed E-state index contributed by atoms with van der Waals surface area (Å²) >= 11 is 8.13. The van der Waals surface area contributed by atoms with Crippen molar-refractivity contribution in [3.63, 3.8) is 0 Å². The molecule has 2 aliphatic rings. The number of hydrogen-bond donors (Lipinski definition) is 2. The lowest BCUT2D eigenvalue weighted by Crippen LogP contribution is -2.56. The lowest BCUT2D eigenvalue weighted by Gasteiger charge is -2.36. The van der Waals surface area contributed by atoms with Crippen LogP contribution in [0.5, 0.6) is 5.75 Å². The quantitative estimate of drug-likeness (QED) is 0.599. The largest absolute Gasteiger partial charge is 0.495 e. The Morgan fingerprint density at radius 3 is 2.91 bits per heavy atom. The molecule has 9 heteroatoms. The minimum atomic E-state index is -1.33. The van der Waals surface area contributed by atoms with E-state index in [9.17, 15) is 14.7 Å². The predicted molar refractivity (Wildman–Crippen MR) is 132 cm³/mol. The standard InChI is InChI=1S/C24H31ClN2O5S/c1-16-7-4-5-9-24(30)14-18(32-23(29)26-24)15-33-10-6-8-21(28)27(2)19-12-17(11-16)13-20(31-3)22(19)25/h4-5,7,12-13,18,30H,6,8-11,14-15H2,1-3H3,(H,26,29)/b5-4+,16-7+/t18?,24-/m1/s1. The molecule has 3 rings (SSSR count). The first-order valence-electron chi connectivity index (χ1n) is 10.9. The summed E-state index contributed by atoms with van der Waals surface area (Å²) in [5, 5.41) is 13.8. The summed E-state index contributed by atoms with van der Waals surface area (Å²) in [4.78, 5) is 26.3. The summed E-state index contributed by atoms with van der Waals surface area (Å²) < 4.78 is 10.8. The Morgan fingerprint density at radius 2 is 2.15 bits per heavy atom. The monoisotopic (exact) mass is 494 g/mol. The Balaban J connectivity index is 1.87. The number of carbonyl (C=O) groups is 2. The number of anilines is 1. The molecule has 2 aliphatic heterocycles. The Morgan fingerprint density at radius 1 is 1.36 bits per heavy atom. The van der Waals surface area contributed by atoms with E-state index < -0.39 is 11.8 Å². The van der Waals surface area contributed by atoms with Gasteiger partial charge in [0, 0.05) is 32.1 Å². The average Bonchev–Trinajstić information content (AvgIpc) is 2.75. The van der Waals surface area contributed by atoms with Crippen molar-refractivity contribution in [2.45, 2.75) is 50.9 Å². The third-order valence-corrected chi connectivity index (χ3v) is 7.21. The second-order valence-corrected chi connectivity index (χ2v) is 10.0. The molecule has 180 valence electrons. The Kier molecular flexibility index (Phi) is 8.73. The fourth-order valence-electron chi connectivity index (χ4n) is 3.92. The molecule has 0 spiro atoms. The molecule has 2 atom stereocenters. The van der Waals surface area contributed by atoms with Gasteiger partial charge in [-0.2, -0.15) is 11.8 Å². The summed E-state index contributed by atoms with van der Waals surface area (Å²) in [5.74, 6) is 1.79. The molecule has 0 aliphatic carbocycles. The molecule has 1 aromatic rings. The van der Waals surface area contributed by atoms with E-state index in [4.69, 9.17) is 21.1 Å². The van der Waals surface area contributed by atoms with E-state index >= 15 is 0 Å². The topological polar surface area (TPSA) is 88.1 Å². The average molecular weight is 495 g/mol. The number of methoxy groups -OCH3 is 1. The van der Waals surface area contributed by atoms with Crippen molar-refractivity contribution in [3.8, 4) is 5.75 Å². The number of alkyl carbamates (subject to hydrolysis) is 1. The lowest BCUT2D eigenvalue weighted by molar-refractivity contribution is -0.118. The normalized spacial score (nSPS) is 27.7. The van der Waals surface area contributed by atoms with Gasteiger partial charge in [0.1, 0.15) is 22.6 Å². The molecule has 0 radical (unpaired) electrons. The predicted octanol–water partition coefficient (Wildman–Crippen LogP) is 4.46. The number of fused-ring (bicyclic) bond motifs is 4. The summed E-state index contributed by atoms with van der Waals surface area (Å²) in [6.45, 7) is 2.00. The molecule has 1 unspecified atom stereocenters. The van der Waals surface area contributed by atoms with Crippen LogP contribution in [0.15, 0.2) is 35.9 Å². The third kappa shape index (κ3) is 6.91. The molecule has 2 heterocycles. The van der Waals surface area contributed by atoms with Crippen molar-refractivity contribution in [2.75, 3.05) is 30.6 Å². The number of hydrogen-bond acceptors (Lipinski definition) is 6. The van der Waals surface area contributed by atoms with Gasteiger partial charge in [-0.1, -0.05) is 35.4 Å². The fourth-order valence-corrected chi connectivity index (χ4v) is 5.20. The van der Waals surface area contributed by atoms with Crippen molar-refractivity contribution in [1.29, 1.82) is 0 Å². The SMILES string of the molecule is COc1cc2cc(c1Cl)N(C)C(=O)CCCSCC1C[C@](O)(C/C=C/C=C(\C)C2)NC(=O)O1. The van der Waals surface area contributed by atoms with Gasteiger partial charge in [-0.15, -0.1) is 0 Å². The molecule has 2 amide bonds. The van der Waals surface area contributed by atoms with Crippen LogP contribution < -0.4 is 15.0 Å². The van der Waals surface area contributed by atoms with Gasteiger partial charge in [-0.05, 0) is 43.2 Å². The van der Waals surface area contributed by atoms with E-state index in [2.05, 4.69) is 5.32 Å². The van der Waals surface area contributed by atoms with Crippen LogP contribution in [-0.2, 0) is 16.0 Å². The highest BCUT2D eigenvalue weighted by Crippen LogP contribution is 2.36. The number of nitrogens with zero attached hydrogens (tertiary/aromatic N) is 1. The van der Waals surface area contributed by atoms with E-state index in [0.717, 1.165) is 16.9 Å². The Labute approximate surface area is 204 Å². The molecule has 4 bridgehead atoms. The van der Waals surface area contributed by atoms with Gasteiger partial charge >= 0.3 is 6.09 Å². The second kappa shape index (κ2) is 11.3. The maximum atomic E-state index is 12.8. The summed E-state index contributed by atoms with van der Waals surface area (Å²) in [6, 6.07) is 3.80. The number of benzene rings is 1. The van der Waals surface area contributed by atoms with E-state index in [1.165, 1.54) is 0 Å². The number of rotatable bonds is 1. The maximum absolute atomic E-state index is 12.8. The van der Waals surface area contributed by atoms with Crippen molar-refractivity contribution in [2.24, 2.45) is 0 Å². The first kappa shape index (κ1) is 25.5. The minimum absolute atomic E-state index is 0.0347. The Bertz CT molecular complexity index is 951.